The number of nitrogens with zero attached hydrogens (tertiary/aromatic N) is 1. The molecule has 1 fully saturated rings. The van der Waals surface area contributed by atoms with Crippen LogP contribution in [0.15, 0.2) is 42.5 Å². The minimum absolute atomic E-state index is 0.142. The molecule has 1 atom stereocenters. The molecule has 2 aromatic rings. The summed E-state index contributed by atoms with van der Waals surface area (Å²) in [6.07, 6.45) is 0.191. The second kappa shape index (κ2) is 8.64. The van der Waals surface area contributed by atoms with Crippen LogP contribution in [0.1, 0.15) is 5.56 Å². The quantitative estimate of drug-likeness (QED) is 0.802. The van der Waals surface area contributed by atoms with Gasteiger partial charge in [-0.3, -0.25) is 14.4 Å². The van der Waals surface area contributed by atoms with E-state index < -0.39 is 6.04 Å². The van der Waals surface area contributed by atoms with Crippen molar-refractivity contribution in [1.29, 1.82) is 0 Å². The summed E-state index contributed by atoms with van der Waals surface area (Å²) in [7, 11) is 1.52. The second-order valence-electron chi connectivity index (χ2n) is 6.38. The third-order valence-electron chi connectivity index (χ3n) is 4.67. The Bertz CT molecular complexity index is 847. The lowest BCUT2D eigenvalue weighted by atomic mass is 10.0. The molecule has 7 heteroatoms. The first-order valence-electron chi connectivity index (χ1n) is 8.92. The lowest BCUT2D eigenvalue weighted by Gasteiger charge is -2.34. The molecule has 1 heterocycles. The monoisotopic (exact) mass is 369 g/mol. The normalized spacial score (nSPS) is 16.8. The highest BCUT2D eigenvalue weighted by Crippen LogP contribution is 2.18. The number of amides is 3. The highest BCUT2D eigenvalue weighted by Gasteiger charge is 2.32. The van der Waals surface area contributed by atoms with Gasteiger partial charge in [-0.25, -0.2) is 0 Å². The van der Waals surface area contributed by atoms with Crippen molar-refractivity contribution in [2.45, 2.75) is 12.5 Å². The third-order valence-corrected chi connectivity index (χ3v) is 4.67. The zero-order chi connectivity index (χ0) is 19.2. The molecule has 3 amide bonds. The van der Waals surface area contributed by atoms with E-state index in [4.69, 9.17) is 4.74 Å². The van der Waals surface area contributed by atoms with Gasteiger partial charge in [-0.05, 0) is 16.3 Å². The molecule has 1 unspecified atom stereocenters. The van der Waals surface area contributed by atoms with E-state index in [1.807, 2.05) is 42.5 Å². The molecule has 142 valence electrons. The predicted octanol–water partition coefficient (Wildman–Crippen LogP) is 0.472. The van der Waals surface area contributed by atoms with Crippen molar-refractivity contribution in [2.75, 3.05) is 33.4 Å². The molecule has 0 aromatic heterocycles. The Kier molecular flexibility index (Phi) is 6.03. The number of benzene rings is 2. The van der Waals surface area contributed by atoms with E-state index in [0.29, 0.717) is 13.2 Å². The van der Waals surface area contributed by atoms with E-state index in [9.17, 15) is 14.4 Å². The van der Waals surface area contributed by atoms with E-state index in [0.717, 1.165) is 16.3 Å². The highest BCUT2D eigenvalue weighted by molar-refractivity contribution is 5.93. The molecule has 1 aliphatic rings. The number of carbonyl (C=O) groups excluding carboxylic acids is 3. The predicted molar refractivity (Wildman–Crippen MR) is 101 cm³/mol. The molecule has 0 aliphatic carbocycles. The third kappa shape index (κ3) is 4.43. The van der Waals surface area contributed by atoms with E-state index in [-0.39, 0.29) is 37.3 Å². The molecule has 2 aromatic carbocycles. The van der Waals surface area contributed by atoms with E-state index >= 15 is 0 Å². The molecule has 1 saturated heterocycles. The van der Waals surface area contributed by atoms with Gasteiger partial charge in [-0.2, -0.15) is 0 Å². The van der Waals surface area contributed by atoms with Gasteiger partial charge in [-0.1, -0.05) is 42.5 Å². The number of hydrogen-bond donors (Lipinski definition) is 2. The molecular weight excluding hydrogens is 346 g/mol. The number of rotatable bonds is 5. The Hall–Kier alpha value is -2.93. The minimum atomic E-state index is -0.661. The lowest BCUT2D eigenvalue weighted by Crippen LogP contribution is -2.57. The summed E-state index contributed by atoms with van der Waals surface area (Å²) < 4.78 is 5.29. The summed E-state index contributed by atoms with van der Waals surface area (Å²) >= 11 is 0. The van der Waals surface area contributed by atoms with Crippen molar-refractivity contribution >= 4 is 28.5 Å². The molecule has 3 rings (SSSR count). The first kappa shape index (κ1) is 18.8. The van der Waals surface area contributed by atoms with Crippen molar-refractivity contribution < 1.29 is 19.1 Å². The number of hydrogen-bond acceptors (Lipinski definition) is 4. The molecule has 0 bridgehead atoms. The van der Waals surface area contributed by atoms with Crippen molar-refractivity contribution in [2.24, 2.45) is 0 Å². The first-order valence-corrected chi connectivity index (χ1v) is 8.92. The molecule has 27 heavy (non-hydrogen) atoms. The average molecular weight is 369 g/mol. The number of morpholine rings is 1. The Morgan fingerprint density at radius 2 is 1.93 bits per heavy atom. The van der Waals surface area contributed by atoms with Crippen LogP contribution in [-0.2, 0) is 25.5 Å². The van der Waals surface area contributed by atoms with Crippen molar-refractivity contribution in [3.05, 3.63) is 48.0 Å². The maximum absolute atomic E-state index is 12.5. The molecule has 2 N–H and O–H groups in total. The van der Waals surface area contributed by atoms with Crippen molar-refractivity contribution in [3.63, 3.8) is 0 Å². The Balaban J connectivity index is 1.59. The molecule has 0 saturated carbocycles. The van der Waals surface area contributed by atoms with Crippen LogP contribution in [0.25, 0.3) is 10.8 Å². The molecule has 7 nitrogen and oxygen atoms in total. The smallest absolute Gasteiger partial charge is 0.244 e. The summed E-state index contributed by atoms with van der Waals surface area (Å²) in [5, 5.41) is 7.29. The van der Waals surface area contributed by atoms with Gasteiger partial charge in [0.15, 0.2) is 0 Å². The van der Waals surface area contributed by atoms with Gasteiger partial charge in [0, 0.05) is 13.6 Å². The lowest BCUT2D eigenvalue weighted by molar-refractivity contribution is -0.148. The van der Waals surface area contributed by atoms with E-state index in [1.165, 1.54) is 11.9 Å². The van der Waals surface area contributed by atoms with Gasteiger partial charge >= 0.3 is 0 Å². The van der Waals surface area contributed by atoms with Crippen LogP contribution in [0, 0.1) is 0 Å². The van der Waals surface area contributed by atoms with Crippen LogP contribution in [0.3, 0.4) is 0 Å². The summed E-state index contributed by atoms with van der Waals surface area (Å²) in [6.45, 7) is 0.728. The second-order valence-corrected chi connectivity index (χ2v) is 6.38. The van der Waals surface area contributed by atoms with Crippen LogP contribution in [0.5, 0.6) is 0 Å². The fourth-order valence-corrected chi connectivity index (χ4v) is 3.24. The van der Waals surface area contributed by atoms with Crippen LogP contribution in [0.2, 0.25) is 0 Å². The van der Waals surface area contributed by atoms with Gasteiger partial charge in [0.2, 0.25) is 17.7 Å². The zero-order valence-corrected chi connectivity index (χ0v) is 15.2. The topological polar surface area (TPSA) is 87.7 Å². The molecule has 1 aliphatic heterocycles. The molecule has 0 spiro atoms. The van der Waals surface area contributed by atoms with Crippen LogP contribution < -0.4 is 10.6 Å². The van der Waals surface area contributed by atoms with Gasteiger partial charge in [0.25, 0.3) is 0 Å². The largest absolute Gasteiger partial charge is 0.377 e. The van der Waals surface area contributed by atoms with Crippen LogP contribution in [0.4, 0.5) is 0 Å². The summed E-state index contributed by atoms with van der Waals surface area (Å²) in [5.41, 5.74) is 0.910. The maximum Gasteiger partial charge on any atom is 0.244 e. The number of fused-ring (bicyclic) bond motifs is 1. The summed E-state index contributed by atoms with van der Waals surface area (Å²) in [6, 6.07) is 13.0. The number of carbonyl (C=O) groups is 3. The molecular formula is C20H23N3O4. The highest BCUT2D eigenvalue weighted by atomic mass is 16.5. The molecule has 0 radical (unpaired) electrons. The number of ether oxygens (including phenoxy) is 1. The Morgan fingerprint density at radius 3 is 2.74 bits per heavy atom. The van der Waals surface area contributed by atoms with Gasteiger partial charge in [0.05, 0.1) is 26.2 Å². The van der Waals surface area contributed by atoms with E-state index in [1.54, 1.807) is 0 Å². The SMILES string of the molecule is CNC(=O)C1COCCN1C(=O)CNC(=O)Cc1cccc2ccccc12. The van der Waals surface area contributed by atoms with Gasteiger partial charge < -0.3 is 20.3 Å². The maximum atomic E-state index is 12.5. The minimum Gasteiger partial charge on any atom is -0.377 e. The van der Waals surface area contributed by atoms with Crippen molar-refractivity contribution in [1.82, 2.24) is 15.5 Å². The standard InChI is InChI=1S/C20H23N3O4/c1-21-20(26)17-13-27-10-9-23(17)19(25)12-22-18(24)11-15-7-4-6-14-5-2-3-8-16(14)15/h2-8,17H,9-13H2,1H3,(H,21,26)(H,22,24). The fraction of sp³-hybridized carbons (Fsp3) is 0.350. The van der Waals surface area contributed by atoms with Gasteiger partial charge in [-0.15, -0.1) is 0 Å². The summed E-state index contributed by atoms with van der Waals surface area (Å²) in [4.78, 5) is 38.2. The van der Waals surface area contributed by atoms with Gasteiger partial charge in [0.1, 0.15) is 6.04 Å². The van der Waals surface area contributed by atoms with Crippen LogP contribution in [-0.4, -0.2) is 62.0 Å². The van der Waals surface area contributed by atoms with E-state index in [2.05, 4.69) is 10.6 Å². The zero-order valence-electron chi connectivity index (χ0n) is 15.2. The number of nitrogens with one attached hydrogen (secondary N) is 2. The number of likely N-dealkylation sites (N-methyl/N-ethyl adjacent to an activating group) is 1. The Morgan fingerprint density at radius 1 is 1.15 bits per heavy atom. The first-order chi connectivity index (χ1) is 13.1. The average Bonchev–Trinajstić information content (AvgIpc) is 2.71. The Labute approximate surface area is 157 Å². The van der Waals surface area contributed by atoms with Crippen LogP contribution >= 0.6 is 0 Å². The summed E-state index contributed by atoms with van der Waals surface area (Å²) in [5.74, 6) is -0.798. The fourth-order valence-electron chi connectivity index (χ4n) is 3.24. The van der Waals surface area contributed by atoms with Crippen molar-refractivity contribution in [3.8, 4) is 0 Å².